The second-order valence-corrected chi connectivity index (χ2v) is 5.38. The highest BCUT2D eigenvalue weighted by atomic mass is 16.4. The van der Waals surface area contributed by atoms with E-state index < -0.39 is 23.7 Å². The molecule has 2 fully saturated rings. The molecule has 6 heteroatoms. The zero-order chi connectivity index (χ0) is 13.8. The quantitative estimate of drug-likeness (QED) is 0.708. The van der Waals surface area contributed by atoms with Gasteiger partial charge in [-0.2, -0.15) is 0 Å². The molecule has 2 aliphatic rings. The van der Waals surface area contributed by atoms with Crippen molar-refractivity contribution in [2.24, 2.45) is 5.92 Å². The molecule has 1 aliphatic heterocycles. The van der Waals surface area contributed by atoms with Crippen LogP contribution in [-0.2, 0) is 14.4 Å². The van der Waals surface area contributed by atoms with Crippen LogP contribution in [0, 0.1) is 5.92 Å². The molecule has 0 aromatic carbocycles. The largest absolute Gasteiger partial charge is 0.481 e. The van der Waals surface area contributed by atoms with Gasteiger partial charge in [0.15, 0.2) is 0 Å². The van der Waals surface area contributed by atoms with Gasteiger partial charge in [0.2, 0.25) is 0 Å². The van der Waals surface area contributed by atoms with E-state index in [1.165, 1.54) is 4.90 Å². The molecule has 0 unspecified atom stereocenters. The van der Waals surface area contributed by atoms with Crippen LogP contribution in [0.25, 0.3) is 0 Å². The lowest BCUT2D eigenvalue weighted by Crippen LogP contribution is -2.50. The van der Waals surface area contributed by atoms with Gasteiger partial charge in [-0.15, -0.1) is 0 Å². The third kappa shape index (κ3) is 3.45. The van der Waals surface area contributed by atoms with Crippen molar-refractivity contribution in [3.05, 3.63) is 0 Å². The Kier molecular flexibility index (Phi) is 4.39. The number of carbonyl (C=O) groups is 3. The van der Waals surface area contributed by atoms with Crippen LogP contribution in [0.5, 0.6) is 0 Å². The molecule has 0 aromatic rings. The summed E-state index contributed by atoms with van der Waals surface area (Å²) in [5, 5.41) is 11.7. The van der Waals surface area contributed by atoms with Gasteiger partial charge < -0.3 is 15.3 Å². The molecule has 1 atom stereocenters. The van der Waals surface area contributed by atoms with Crippen molar-refractivity contribution in [2.75, 3.05) is 13.1 Å². The van der Waals surface area contributed by atoms with E-state index in [9.17, 15) is 14.4 Å². The third-order valence-corrected chi connectivity index (χ3v) is 3.94. The first-order valence-electron chi connectivity index (χ1n) is 6.90. The maximum Gasteiger partial charge on any atom is 0.311 e. The van der Waals surface area contributed by atoms with Gasteiger partial charge in [0.25, 0.3) is 0 Å². The highest BCUT2D eigenvalue weighted by molar-refractivity contribution is 6.35. The molecule has 0 radical (unpaired) electrons. The number of likely N-dealkylation sites (tertiary alicyclic amines) is 1. The Bertz CT molecular complexity index is 377. The van der Waals surface area contributed by atoms with E-state index in [0.29, 0.717) is 19.4 Å². The molecular weight excluding hydrogens is 248 g/mol. The second-order valence-electron chi connectivity index (χ2n) is 5.38. The molecule has 1 aliphatic carbocycles. The van der Waals surface area contributed by atoms with Crippen LogP contribution in [0.2, 0.25) is 0 Å². The predicted octanol–water partition coefficient (Wildman–Crippen LogP) is 0.368. The van der Waals surface area contributed by atoms with Crippen LogP contribution < -0.4 is 5.32 Å². The Morgan fingerprint density at radius 3 is 2.37 bits per heavy atom. The molecule has 1 saturated carbocycles. The van der Waals surface area contributed by atoms with Crippen LogP contribution >= 0.6 is 0 Å². The average Bonchev–Trinajstić information content (AvgIpc) is 2.90. The average molecular weight is 268 g/mol. The highest BCUT2D eigenvalue weighted by Crippen LogP contribution is 2.19. The fraction of sp³-hybridized carbons (Fsp3) is 0.769. The van der Waals surface area contributed by atoms with Gasteiger partial charge in [-0.3, -0.25) is 14.4 Å². The summed E-state index contributed by atoms with van der Waals surface area (Å²) in [5.74, 6) is -2.61. The number of piperidine rings is 1. The minimum Gasteiger partial charge on any atom is -0.481 e. The smallest absolute Gasteiger partial charge is 0.311 e. The predicted molar refractivity (Wildman–Crippen MR) is 67.3 cm³/mol. The van der Waals surface area contributed by atoms with Gasteiger partial charge in [0, 0.05) is 19.1 Å². The number of amides is 2. The molecule has 2 N–H and O–H groups in total. The van der Waals surface area contributed by atoms with Crippen LogP contribution in [0.15, 0.2) is 0 Å². The Morgan fingerprint density at radius 1 is 1.05 bits per heavy atom. The van der Waals surface area contributed by atoms with Crippen molar-refractivity contribution >= 4 is 17.8 Å². The number of carboxylic acids is 1. The lowest BCUT2D eigenvalue weighted by Gasteiger charge is -2.30. The van der Waals surface area contributed by atoms with Crippen LogP contribution in [0.3, 0.4) is 0 Å². The highest BCUT2D eigenvalue weighted by Gasteiger charge is 2.32. The molecule has 106 valence electrons. The number of hydrogen-bond acceptors (Lipinski definition) is 3. The third-order valence-electron chi connectivity index (χ3n) is 3.94. The van der Waals surface area contributed by atoms with Gasteiger partial charge >= 0.3 is 17.8 Å². The Balaban J connectivity index is 1.87. The van der Waals surface area contributed by atoms with Gasteiger partial charge in [-0.1, -0.05) is 12.8 Å². The monoisotopic (exact) mass is 268 g/mol. The zero-order valence-electron chi connectivity index (χ0n) is 10.9. The van der Waals surface area contributed by atoms with Crippen LogP contribution in [-0.4, -0.2) is 46.9 Å². The number of aliphatic carboxylic acids is 1. The Morgan fingerprint density at radius 2 is 1.74 bits per heavy atom. The molecule has 1 heterocycles. The molecule has 6 nitrogen and oxygen atoms in total. The standard InChI is InChI=1S/C13H20N2O4/c16-11(14-10-5-1-2-6-10)12(17)15-7-3-4-9(8-15)13(18)19/h9-10H,1-8H2,(H,14,16)(H,18,19)/t9-/m1/s1. The first-order chi connectivity index (χ1) is 9.08. The van der Waals surface area contributed by atoms with Crippen LogP contribution in [0.4, 0.5) is 0 Å². The maximum atomic E-state index is 12.0. The summed E-state index contributed by atoms with van der Waals surface area (Å²) in [6.07, 6.45) is 5.24. The molecule has 2 rings (SSSR count). The molecule has 19 heavy (non-hydrogen) atoms. The molecule has 0 bridgehead atoms. The Labute approximate surface area is 112 Å². The summed E-state index contributed by atoms with van der Waals surface area (Å²) >= 11 is 0. The Hall–Kier alpha value is -1.59. The molecule has 0 spiro atoms. The fourth-order valence-electron chi connectivity index (χ4n) is 2.82. The van der Waals surface area contributed by atoms with E-state index in [0.717, 1.165) is 25.7 Å². The van der Waals surface area contributed by atoms with Crippen molar-refractivity contribution in [2.45, 2.75) is 44.6 Å². The summed E-state index contributed by atoms with van der Waals surface area (Å²) in [5.41, 5.74) is 0. The van der Waals surface area contributed by atoms with Crippen molar-refractivity contribution in [3.63, 3.8) is 0 Å². The lowest BCUT2D eigenvalue weighted by atomic mass is 9.98. The first kappa shape index (κ1) is 13.8. The SMILES string of the molecule is O=C(NC1CCCC1)C(=O)N1CCC[C@@H](C(=O)O)C1. The van der Waals surface area contributed by atoms with E-state index in [-0.39, 0.29) is 12.6 Å². The van der Waals surface area contributed by atoms with E-state index in [4.69, 9.17) is 5.11 Å². The van der Waals surface area contributed by atoms with Gasteiger partial charge in [0.1, 0.15) is 0 Å². The number of carboxylic acid groups (broad SMARTS) is 1. The van der Waals surface area contributed by atoms with Gasteiger partial charge in [-0.05, 0) is 25.7 Å². The van der Waals surface area contributed by atoms with Crippen molar-refractivity contribution in [1.29, 1.82) is 0 Å². The summed E-state index contributed by atoms with van der Waals surface area (Å²) < 4.78 is 0. The minimum atomic E-state index is -0.895. The summed E-state index contributed by atoms with van der Waals surface area (Å²) in [6.45, 7) is 0.618. The second kappa shape index (κ2) is 6.04. The van der Waals surface area contributed by atoms with Crippen LogP contribution in [0.1, 0.15) is 38.5 Å². The van der Waals surface area contributed by atoms with Crippen molar-refractivity contribution in [1.82, 2.24) is 10.2 Å². The molecular formula is C13H20N2O4. The molecule has 0 aromatic heterocycles. The molecule has 1 saturated heterocycles. The number of rotatable bonds is 2. The lowest BCUT2D eigenvalue weighted by molar-refractivity contribution is -0.151. The van der Waals surface area contributed by atoms with E-state index in [1.807, 2.05) is 0 Å². The fourth-order valence-corrected chi connectivity index (χ4v) is 2.82. The maximum absolute atomic E-state index is 12.0. The van der Waals surface area contributed by atoms with Gasteiger partial charge in [-0.25, -0.2) is 0 Å². The summed E-state index contributed by atoms with van der Waals surface area (Å²) in [6, 6.07) is 0.108. The van der Waals surface area contributed by atoms with E-state index in [2.05, 4.69) is 5.32 Å². The normalized spacial score (nSPS) is 24.2. The van der Waals surface area contributed by atoms with Crippen molar-refractivity contribution in [3.8, 4) is 0 Å². The first-order valence-corrected chi connectivity index (χ1v) is 6.90. The van der Waals surface area contributed by atoms with E-state index in [1.54, 1.807) is 0 Å². The number of carbonyl (C=O) groups excluding carboxylic acids is 2. The zero-order valence-corrected chi connectivity index (χ0v) is 10.9. The minimum absolute atomic E-state index is 0.108. The number of nitrogens with zero attached hydrogens (tertiary/aromatic N) is 1. The number of hydrogen-bond donors (Lipinski definition) is 2. The number of nitrogens with one attached hydrogen (secondary N) is 1. The molecule has 2 amide bonds. The topological polar surface area (TPSA) is 86.7 Å². The summed E-state index contributed by atoms with van der Waals surface area (Å²) in [4.78, 5) is 36.1. The summed E-state index contributed by atoms with van der Waals surface area (Å²) in [7, 11) is 0. The van der Waals surface area contributed by atoms with Crippen molar-refractivity contribution < 1.29 is 19.5 Å². The van der Waals surface area contributed by atoms with E-state index >= 15 is 0 Å². The van der Waals surface area contributed by atoms with Gasteiger partial charge in [0.05, 0.1) is 5.92 Å².